The first-order chi connectivity index (χ1) is 19.8. The summed E-state index contributed by atoms with van der Waals surface area (Å²) in [6.45, 7) is 3.05. The number of amides is 2. The molecule has 0 fully saturated rings. The summed E-state index contributed by atoms with van der Waals surface area (Å²) in [5, 5.41) is 5.44. The van der Waals surface area contributed by atoms with Crippen LogP contribution in [0.5, 0.6) is 0 Å². The third kappa shape index (κ3) is 9.16. The summed E-state index contributed by atoms with van der Waals surface area (Å²) in [6.07, 6.45) is -0.441. The van der Waals surface area contributed by atoms with E-state index in [1.807, 2.05) is 19.0 Å². The van der Waals surface area contributed by atoms with Crippen LogP contribution < -0.4 is 15.5 Å². The first-order valence-electron chi connectivity index (χ1n) is 12.7. The van der Waals surface area contributed by atoms with Crippen LogP contribution in [0.4, 0.5) is 19.0 Å². The summed E-state index contributed by atoms with van der Waals surface area (Å²) in [7, 11) is 5.39. The molecule has 1 atom stereocenters. The Kier molecular flexibility index (Phi) is 11.3. The number of aromatic nitrogens is 4. The minimum absolute atomic E-state index is 0.00401. The van der Waals surface area contributed by atoms with Crippen molar-refractivity contribution in [2.75, 3.05) is 45.7 Å². The van der Waals surface area contributed by atoms with Gasteiger partial charge >= 0.3 is 6.18 Å². The molecule has 11 nitrogen and oxygen atoms in total. The van der Waals surface area contributed by atoms with Gasteiger partial charge in [0, 0.05) is 45.0 Å². The van der Waals surface area contributed by atoms with Crippen LogP contribution in [0.25, 0.3) is 0 Å². The summed E-state index contributed by atoms with van der Waals surface area (Å²) in [4.78, 5) is 57.7. The Hall–Kier alpha value is -3.69. The van der Waals surface area contributed by atoms with Crippen LogP contribution in [0.15, 0.2) is 30.9 Å². The van der Waals surface area contributed by atoms with E-state index >= 15 is 0 Å². The average Bonchev–Trinajstić information content (AvgIpc) is 3.44. The summed E-state index contributed by atoms with van der Waals surface area (Å²) in [5.41, 5.74) is -0.952. The second kappa shape index (κ2) is 14.5. The Morgan fingerprint density at radius 1 is 1.00 bits per heavy atom. The van der Waals surface area contributed by atoms with Crippen LogP contribution in [0, 0.1) is 0 Å². The highest BCUT2D eigenvalue weighted by Crippen LogP contribution is 2.35. The Bertz CT molecular complexity index is 1420. The van der Waals surface area contributed by atoms with Gasteiger partial charge in [0.1, 0.15) is 28.5 Å². The summed E-state index contributed by atoms with van der Waals surface area (Å²) in [6, 6.07) is 1.55. The predicted molar refractivity (Wildman–Crippen MR) is 152 cm³/mol. The van der Waals surface area contributed by atoms with E-state index in [9.17, 15) is 27.6 Å². The van der Waals surface area contributed by atoms with Crippen LogP contribution in [0.1, 0.15) is 67.0 Å². The molecule has 3 heterocycles. The van der Waals surface area contributed by atoms with Gasteiger partial charge in [-0.1, -0.05) is 11.6 Å². The number of halogens is 4. The number of nitrogens with one attached hydrogen (secondary N) is 2. The van der Waals surface area contributed by atoms with Crippen molar-refractivity contribution in [3.05, 3.63) is 62.7 Å². The fourth-order valence-corrected chi connectivity index (χ4v) is 4.70. The zero-order chi connectivity index (χ0) is 31.0. The number of carbonyl (C=O) groups excluding carboxylic acids is 3. The van der Waals surface area contributed by atoms with E-state index in [1.54, 1.807) is 6.92 Å². The van der Waals surface area contributed by atoms with Crippen LogP contribution in [-0.2, 0) is 6.18 Å². The topological polar surface area (TPSA) is 133 Å². The first kappa shape index (κ1) is 32.8. The van der Waals surface area contributed by atoms with Gasteiger partial charge in [0.15, 0.2) is 5.78 Å². The number of carbonyl (C=O) groups is 3. The molecule has 0 saturated carbocycles. The number of alkyl halides is 3. The van der Waals surface area contributed by atoms with Gasteiger partial charge in [-0.25, -0.2) is 19.9 Å². The quantitative estimate of drug-likeness (QED) is 0.214. The first-order valence-corrected chi connectivity index (χ1v) is 13.9. The van der Waals surface area contributed by atoms with E-state index in [1.165, 1.54) is 24.2 Å². The van der Waals surface area contributed by atoms with Crippen molar-refractivity contribution in [3.63, 3.8) is 0 Å². The van der Waals surface area contributed by atoms with Gasteiger partial charge in [-0.2, -0.15) is 13.2 Å². The fraction of sp³-hybridized carbons (Fsp3) is 0.423. The number of thiazole rings is 1. The van der Waals surface area contributed by atoms with Crippen molar-refractivity contribution >= 4 is 46.4 Å². The summed E-state index contributed by atoms with van der Waals surface area (Å²) >= 11 is 6.71. The number of ketones is 1. The van der Waals surface area contributed by atoms with Gasteiger partial charge < -0.3 is 20.4 Å². The molecule has 42 heavy (non-hydrogen) atoms. The van der Waals surface area contributed by atoms with Crippen molar-refractivity contribution in [1.82, 2.24) is 35.5 Å². The SMILES string of the molecule is CC(NC(=O)c1cc(C(=O)NCCCN(C)C)ncn1)c1ncc(C(=O)CCN(C)c2cc(C(F)(F)F)c(Cl)cn2)s1. The largest absolute Gasteiger partial charge is 0.418 e. The molecule has 0 aliphatic rings. The molecule has 1 unspecified atom stereocenters. The molecule has 226 valence electrons. The molecule has 0 saturated heterocycles. The molecular weight excluding hydrogens is 597 g/mol. The molecule has 0 spiro atoms. The second-order valence-corrected chi connectivity index (χ2v) is 11.0. The molecule has 3 rings (SSSR count). The Labute approximate surface area is 249 Å². The van der Waals surface area contributed by atoms with E-state index in [0.29, 0.717) is 16.4 Å². The number of pyridine rings is 1. The minimum Gasteiger partial charge on any atom is -0.359 e. The highest BCUT2D eigenvalue weighted by Gasteiger charge is 2.34. The van der Waals surface area contributed by atoms with Crippen molar-refractivity contribution in [1.29, 1.82) is 0 Å². The molecule has 2 amide bonds. The van der Waals surface area contributed by atoms with E-state index in [2.05, 4.69) is 30.6 Å². The van der Waals surface area contributed by atoms with Gasteiger partial charge in [0.2, 0.25) is 0 Å². The predicted octanol–water partition coefficient (Wildman–Crippen LogP) is 3.88. The lowest BCUT2D eigenvalue weighted by Gasteiger charge is -2.19. The highest BCUT2D eigenvalue weighted by atomic mass is 35.5. The molecule has 16 heteroatoms. The number of nitrogens with zero attached hydrogens (tertiary/aromatic N) is 6. The van der Waals surface area contributed by atoms with Crippen molar-refractivity contribution < 1.29 is 27.6 Å². The maximum absolute atomic E-state index is 13.2. The number of hydrogen-bond acceptors (Lipinski definition) is 10. The standard InChI is InChI=1S/C26H30ClF3N8O3S/c1-15(36-24(41)19-11-18(34-14-35-19)23(40)31-7-5-8-37(2)3)25-33-13-21(42-25)20(39)6-9-38(4)22-10-16(26(28,29)30)17(27)12-32-22/h10-15H,5-9H2,1-4H3,(H,31,40)(H,36,41). The lowest BCUT2D eigenvalue weighted by molar-refractivity contribution is -0.137. The number of anilines is 1. The van der Waals surface area contributed by atoms with Crippen LogP contribution in [0.2, 0.25) is 5.02 Å². The van der Waals surface area contributed by atoms with Crippen LogP contribution in [-0.4, -0.2) is 83.2 Å². The smallest absolute Gasteiger partial charge is 0.359 e. The normalized spacial score (nSPS) is 12.2. The third-order valence-electron chi connectivity index (χ3n) is 5.93. The van der Waals surface area contributed by atoms with Gasteiger partial charge in [-0.15, -0.1) is 11.3 Å². The maximum atomic E-state index is 13.2. The van der Waals surface area contributed by atoms with Crippen LogP contribution in [0.3, 0.4) is 0 Å². The Balaban J connectivity index is 1.55. The summed E-state index contributed by atoms with van der Waals surface area (Å²) in [5.74, 6) is -1.22. The molecule has 0 aromatic carbocycles. The van der Waals surface area contributed by atoms with E-state index in [-0.39, 0.29) is 36.0 Å². The number of hydrogen-bond donors (Lipinski definition) is 2. The summed E-state index contributed by atoms with van der Waals surface area (Å²) < 4.78 is 39.5. The van der Waals surface area contributed by atoms with Crippen LogP contribution >= 0.6 is 22.9 Å². The average molecular weight is 627 g/mol. The Morgan fingerprint density at radius 3 is 2.36 bits per heavy atom. The van der Waals surface area contributed by atoms with Gasteiger partial charge in [0.25, 0.3) is 11.8 Å². The number of Topliss-reactive ketones (excluding diaryl/α,β-unsaturated/α-hetero) is 1. The molecular formula is C26H30ClF3N8O3S. The monoisotopic (exact) mass is 626 g/mol. The van der Waals surface area contributed by atoms with Crippen molar-refractivity contribution in [2.24, 2.45) is 0 Å². The minimum atomic E-state index is -4.63. The zero-order valence-electron chi connectivity index (χ0n) is 23.3. The van der Waals surface area contributed by atoms with Crippen molar-refractivity contribution in [3.8, 4) is 0 Å². The Morgan fingerprint density at radius 2 is 1.69 bits per heavy atom. The van der Waals surface area contributed by atoms with E-state index < -0.39 is 34.6 Å². The molecule has 0 radical (unpaired) electrons. The molecule has 0 bridgehead atoms. The number of rotatable bonds is 13. The van der Waals surface area contributed by atoms with Gasteiger partial charge in [0.05, 0.1) is 21.5 Å². The van der Waals surface area contributed by atoms with E-state index in [0.717, 1.165) is 42.9 Å². The van der Waals surface area contributed by atoms with Gasteiger partial charge in [-0.3, -0.25) is 14.4 Å². The fourth-order valence-electron chi connectivity index (χ4n) is 3.60. The lowest BCUT2D eigenvalue weighted by atomic mass is 10.2. The van der Waals surface area contributed by atoms with Crippen molar-refractivity contribution in [2.45, 2.75) is 32.0 Å². The molecule has 3 aromatic rings. The molecule has 2 N–H and O–H groups in total. The third-order valence-corrected chi connectivity index (χ3v) is 7.45. The highest BCUT2D eigenvalue weighted by molar-refractivity contribution is 7.13. The second-order valence-electron chi connectivity index (χ2n) is 9.57. The van der Waals surface area contributed by atoms with Gasteiger partial charge in [-0.05, 0) is 40.1 Å². The van der Waals surface area contributed by atoms with E-state index in [4.69, 9.17) is 11.6 Å². The molecule has 3 aromatic heterocycles. The zero-order valence-corrected chi connectivity index (χ0v) is 24.9. The maximum Gasteiger partial charge on any atom is 0.418 e. The molecule has 0 aliphatic heterocycles. The molecule has 0 aliphatic carbocycles. The lowest BCUT2D eigenvalue weighted by Crippen LogP contribution is -2.30.